The van der Waals surface area contributed by atoms with Crippen molar-refractivity contribution in [1.82, 2.24) is 10.2 Å². The van der Waals surface area contributed by atoms with E-state index >= 15 is 0 Å². The molecule has 1 saturated heterocycles. The molecule has 1 atom stereocenters. The number of carbonyl (C=O) groups is 1. The van der Waals surface area contributed by atoms with Crippen molar-refractivity contribution >= 4 is 5.91 Å². The van der Waals surface area contributed by atoms with E-state index in [4.69, 9.17) is 13.9 Å². The maximum Gasteiger partial charge on any atom is 0.251 e. The topological polar surface area (TPSA) is 63.9 Å². The van der Waals surface area contributed by atoms with Crippen LogP contribution in [0.2, 0.25) is 0 Å². The minimum absolute atomic E-state index is 0.00129. The maximum atomic E-state index is 12.5. The molecular weight excluding hydrogens is 332 g/mol. The Hall–Kier alpha value is -2.31. The monoisotopic (exact) mass is 358 g/mol. The highest BCUT2D eigenvalue weighted by molar-refractivity contribution is 5.94. The summed E-state index contributed by atoms with van der Waals surface area (Å²) in [7, 11) is 0. The molecule has 1 aliphatic rings. The molecule has 3 rings (SSSR count). The van der Waals surface area contributed by atoms with Crippen molar-refractivity contribution in [3.05, 3.63) is 54.0 Å². The average molecular weight is 358 g/mol. The smallest absolute Gasteiger partial charge is 0.251 e. The van der Waals surface area contributed by atoms with Gasteiger partial charge in [0.25, 0.3) is 5.91 Å². The van der Waals surface area contributed by atoms with E-state index in [1.165, 1.54) is 0 Å². The standard InChI is InChI=1S/C20H26N2O4/c1-15(2)26-17-7-5-16(6-8-17)20(23)21-14-18(19-4-3-11-25-19)22-9-12-24-13-10-22/h3-8,11,15,18H,9-10,12-14H2,1-2H3,(H,21,23). The molecule has 2 heterocycles. The first kappa shape index (κ1) is 18.5. The second kappa shape index (κ2) is 8.87. The molecule has 0 spiro atoms. The molecule has 0 saturated carbocycles. The second-order valence-corrected chi connectivity index (χ2v) is 6.58. The first-order valence-electron chi connectivity index (χ1n) is 9.03. The third-order valence-corrected chi connectivity index (χ3v) is 4.30. The van der Waals surface area contributed by atoms with Crippen LogP contribution in [-0.4, -0.2) is 49.8 Å². The van der Waals surface area contributed by atoms with Gasteiger partial charge >= 0.3 is 0 Å². The first-order chi connectivity index (χ1) is 12.6. The predicted molar refractivity (Wildman–Crippen MR) is 98.4 cm³/mol. The Morgan fingerprint density at radius 2 is 1.92 bits per heavy atom. The summed E-state index contributed by atoms with van der Waals surface area (Å²) >= 11 is 0. The fraction of sp³-hybridized carbons (Fsp3) is 0.450. The van der Waals surface area contributed by atoms with Gasteiger partial charge in [-0.3, -0.25) is 9.69 Å². The van der Waals surface area contributed by atoms with Gasteiger partial charge in [0, 0.05) is 25.2 Å². The van der Waals surface area contributed by atoms with Gasteiger partial charge in [0.15, 0.2) is 0 Å². The second-order valence-electron chi connectivity index (χ2n) is 6.58. The van der Waals surface area contributed by atoms with Gasteiger partial charge in [0.1, 0.15) is 11.5 Å². The Bertz CT molecular complexity index is 676. The highest BCUT2D eigenvalue weighted by Crippen LogP contribution is 2.22. The number of hydrogen-bond acceptors (Lipinski definition) is 5. The lowest BCUT2D eigenvalue weighted by Crippen LogP contribution is -2.43. The van der Waals surface area contributed by atoms with Gasteiger partial charge in [-0.2, -0.15) is 0 Å². The number of hydrogen-bond donors (Lipinski definition) is 1. The zero-order valence-corrected chi connectivity index (χ0v) is 15.3. The Morgan fingerprint density at radius 3 is 2.54 bits per heavy atom. The van der Waals surface area contributed by atoms with Crippen LogP contribution in [-0.2, 0) is 4.74 Å². The van der Waals surface area contributed by atoms with E-state index < -0.39 is 0 Å². The van der Waals surface area contributed by atoms with E-state index in [1.807, 2.05) is 38.1 Å². The molecule has 140 valence electrons. The molecule has 1 amide bonds. The lowest BCUT2D eigenvalue weighted by atomic mass is 10.1. The summed E-state index contributed by atoms with van der Waals surface area (Å²) in [6, 6.07) is 11.0. The Kier molecular flexibility index (Phi) is 6.30. The Balaban J connectivity index is 1.62. The number of carbonyl (C=O) groups excluding carboxylic acids is 1. The van der Waals surface area contributed by atoms with Crippen LogP contribution in [0, 0.1) is 0 Å². The lowest BCUT2D eigenvalue weighted by Gasteiger charge is -2.33. The number of rotatable bonds is 7. The summed E-state index contributed by atoms with van der Waals surface area (Å²) in [6.07, 6.45) is 1.77. The van der Waals surface area contributed by atoms with Gasteiger partial charge in [0.2, 0.25) is 0 Å². The van der Waals surface area contributed by atoms with E-state index in [1.54, 1.807) is 18.4 Å². The minimum atomic E-state index is -0.106. The number of morpholine rings is 1. The molecule has 6 heteroatoms. The van der Waals surface area contributed by atoms with Crippen LogP contribution in [0.25, 0.3) is 0 Å². The van der Waals surface area contributed by atoms with Gasteiger partial charge in [-0.25, -0.2) is 0 Å². The largest absolute Gasteiger partial charge is 0.491 e. The molecule has 0 aliphatic carbocycles. The summed E-state index contributed by atoms with van der Waals surface area (Å²) in [4.78, 5) is 14.8. The zero-order chi connectivity index (χ0) is 18.4. The van der Waals surface area contributed by atoms with Crippen molar-refractivity contribution in [2.45, 2.75) is 26.0 Å². The van der Waals surface area contributed by atoms with Gasteiger partial charge in [-0.1, -0.05) is 0 Å². The van der Waals surface area contributed by atoms with Crippen molar-refractivity contribution in [2.24, 2.45) is 0 Å². The summed E-state index contributed by atoms with van der Waals surface area (Å²) in [6.45, 7) is 7.47. The number of nitrogens with one attached hydrogen (secondary N) is 1. The summed E-state index contributed by atoms with van der Waals surface area (Å²) in [5.74, 6) is 1.51. The minimum Gasteiger partial charge on any atom is -0.491 e. The summed E-state index contributed by atoms with van der Waals surface area (Å²) in [5.41, 5.74) is 0.612. The summed E-state index contributed by atoms with van der Waals surface area (Å²) < 4.78 is 16.6. The molecule has 0 radical (unpaired) electrons. The SMILES string of the molecule is CC(C)Oc1ccc(C(=O)NCC(c2ccco2)N2CCOCC2)cc1. The van der Waals surface area contributed by atoms with Crippen LogP contribution in [0.3, 0.4) is 0 Å². The van der Waals surface area contributed by atoms with E-state index in [2.05, 4.69) is 10.2 Å². The number of amides is 1. The van der Waals surface area contributed by atoms with Crippen molar-refractivity contribution in [3.63, 3.8) is 0 Å². The molecule has 26 heavy (non-hydrogen) atoms. The van der Waals surface area contributed by atoms with Crippen LogP contribution in [0.4, 0.5) is 0 Å². The average Bonchev–Trinajstić information content (AvgIpc) is 3.17. The molecule has 1 aliphatic heterocycles. The van der Waals surface area contributed by atoms with Gasteiger partial charge in [-0.15, -0.1) is 0 Å². The predicted octanol–water partition coefficient (Wildman–Crippen LogP) is 2.87. The van der Waals surface area contributed by atoms with Crippen molar-refractivity contribution in [3.8, 4) is 5.75 Å². The number of furan rings is 1. The molecule has 6 nitrogen and oxygen atoms in total. The highest BCUT2D eigenvalue weighted by atomic mass is 16.5. The van der Waals surface area contributed by atoms with E-state index in [0.717, 1.165) is 24.6 Å². The van der Waals surface area contributed by atoms with Gasteiger partial charge in [-0.05, 0) is 50.2 Å². The third-order valence-electron chi connectivity index (χ3n) is 4.30. The van der Waals surface area contributed by atoms with Crippen LogP contribution in [0.1, 0.15) is 36.0 Å². The van der Waals surface area contributed by atoms with Crippen molar-refractivity contribution < 1.29 is 18.7 Å². The first-order valence-corrected chi connectivity index (χ1v) is 9.03. The van der Waals surface area contributed by atoms with Crippen LogP contribution < -0.4 is 10.1 Å². The van der Waals surface area contributed by atoms with Gasteiger partial charge in [0.05, 0.1) is 31.6 Å². The van der Waals surface area contributed by atoms with E-state index in [-0.39, 0.29) is 18.1 Å². The lowest BCUT2D eigenvalue weighted by molar-refractivity contribution is 0.0118. The fourth-order valence-corrected chi connectivity index (χ4v) is 3.03. The summed E-state index contributed by atoms with van der Waals surface area (Å²) in [5, 5.41) is 3.02. The maximum absolute atomic E-state index is 12.5. The van der Waals surface area contributed by atoms with Crippen LogP contribution in [0.5, 0.6) is 5.75 Å². The Morgan fingerprint density at radius 1 is 1.19 bits per heavy atom. The quantitative estimate of drug-likeness (QED) is 0.825. The Labute approximate surface area is 154 Å². The van der Waals surface area contributed by atoms with Gasteiger partial charge < -0.3 is 19.2 Å². The van der Waals surface area contributed by atoms with Crippen molar-refractivity contribution in [1.29, 1.82) is 0 Å². The van der Waals surface area contributed by atoms with Crippen molar-refractivity contribution in [2.75, 3.05) is 32.8 Å². The molecule has 1 aromatic heterocycles. The fourth-order valence-electron chi connectivity index (χ4n) is 3.03. The molecule has 1 N–H and O–H groups in total. The molecular formula is C20H26N2O4. The van der Waals surface area contributed by atoms with Crippen LogP contribution >= 0.6 is 0 Å². The molecule has 1 aromatic carbocycles. The van der Waals surface area contributed by atoms with E-state index in [0.29, 0.717) is 25.3 Å². The molecule has 0 bridgehead atoms. The number of benzene rings is 1. The highest BCUT2D eigenvalue weighted by Gasteiger charge is 2.25. The molecule has 1 unspecified atom stereocenters. The normalized spacial score (nSPS) is 16.4. The molecule has 2 aromatic rings. The third kappa shape index (κ3) is 4.86. The number of nitrogens with zero attached hydrogens (tertiary/aromatic N) is 1. The van der Waals surface area contributed by atoms with E-state index in [9.17, 15) is 4.79 Å². The molecule has 1 fully saturated rings. The number of ether oxygens (including phenoxy) is 2. The van der Waals surface area contributed by atoms with Crippen LogP contribution in [0.15, 0.2) is 47.1 Å². The zero-order valence-electron chi connectivity index (χ0n) is 15.3.